The maximum absolute atomic E-state index is 12.7. The van der Waals surface area contributed by atoms with Gasteiger partial charge in [-0.15, -0.1) is 0 Å². The highest BCUT2D eigenvalue weighted by Gasteiger charge is 2.26. The summed E-state index contributed by atoms with van der Waals surface area (Å²) < 4.78 is 8.48. The van der Waals surface area contributed by atoms with Crippen LogP contribution < -0.4 is 10.4 Å². The molecule has 0 unspecified atom stereocenters. The average molecular weight is 448 g/mol. The van der Waals surface area contributed by atoms with Crippen LogP contribution >= 0.6 is 11.6 Å². The lowest BCUT2D eigenvalue weighted by Gasteiger charge is -2.34. The molecule has 31 heavy (non-hydrogen) atoms. The Bertz CT molecular complexity index is 992. The highest BCUT2D eigenvalue weighted by Crippen LogP contribution is 2.16. The molecule has 1 fully saturated rings. The van der Waals surface area contributed by atoms with Gasteiger partial charge in [0.15, 0.2) is 6.61 Å². The van der Waals surface area contributed by atoms with E-state index in [1.165, 1.54) is 4.68 Å². The van der Waals surface area contributed by atoms with Crippen LogP contribution in [0.1, 0.15) is 25.1 Å². The Balaban J connectivity index is 1.26. The SMILES string of the molecule is O=C(COc1ccc(Cl)cc1)N1CCN(C(=O)Cn2nc3n(c2=O)CCCCC3)CC1. The van der Waals surface area contributed by atoms with E-state index in [1.54, 1.807) is 38.6 Å². The van der Waals surface area contributed by atoms with E-state index in [0.717, 1.165) is 31.5 Å². The number of piperazine rings is 1. The Morgan fingerprint density at radius 3 is 2.32 bits per heavy atom. The van der Waals surface area contributed by atoms with Gasteiger partial charge in [-0.05, 0) is 37.1 Å². The molecule has 10 heteroatoms. The maximum Gasteiger partial charge on any atom is 0.346 e. The maximum atomic E-state index is 12.7. The summed E-state index contributed by atoms with van der Waals surface area (Å²) in [7, 11) is 0. The molecule has 0 N–H and O–H groups in total. The van der Waals surface area contributed by atoms with E-state index < -0.39 is 0 Å². The topological polar surface area (TPSA) is 89.7 Å². The Labute approximate surface area is 185 Å². The lowest BCUT2D eigenvalue weighted by atomic mass is 10.2. The number of hydrogen-bond acceptors (Lipinski definition) is 5. The molecule has 2 aromatic rings. The second-order valence-electron chi connectivity index (χ2n) is 7.82. The van der Waals surface area contributed by atoms with Gasteiger partial charge in [-0.2, -0.15) is 5.10 Å². The third-order valence-electron chi connectivity index (χ3n) is 5.73. The zero-order valence-electron chi connectivity index (χ0n) is 17.3. The molecule has 3 heterocycles. The van der Waals surface area contributed by atoms with Crippen LogP contribution in [0.5, 0.6) is 5.75 Å². The fourth-order valence-corrected chi connectivity index (χ4v) is 4.05. The van der Waals surface area contributed by atoms with Gasteiger partial charge in [0.05, 0.1) is 0 Å². The van der Waals surface area contributed by atoms with Crippen LogP contribution in [0.25, 0.3) is 0 Å². The van der Waals surface area contributed by atoms with E-state index in [4.69, 9.17) is 16.3 Å². The molecule has 1 saturated heterocycles. The van der Waals surface area contributed by atoms with E-state index in [-0.39, 0.29) is 30.7 Å². The lowest BCUT2D eigenvalue weighted by Crippen LogP contribution is -2.52. The van der Waals surface area contributed by atoms with E-state index in [2.05, 4.69) is 5.10 Å². The van der Waals surface area contributed by atoms with Gasteiger partial charge < -0.3 is 14.5 Å². The number of ether oxygens (including phenoxy) is 1. The number of carbonyl (C=O) groups is 2. The summed E-state index contributed by atoms with van der Waals surface area (Å²) in [5.74, 6) is 1.07. The summed E-state index contributed by atoms with van der Waals surface area (Å²) in [5.41, 5.74) is -0.210. The number of halogens is 1. The summed E-state index contributed by atoms with van der Waals surface area (Å²) in [6.07, 6.45) is 3.84. The van der Waals surface area contributed by atoms with E-state index >= 15 is 0 Å². The Morgan fingerprint density at radius 1 is 0.935 bits per heavy atom. The van der Waals surface area contributed by atoms with Crippen molar-refractivity contribution in [1.29, 1.82) is 0 Å². The van der Waals surface area contributed by atoms with Crippen molar-refractivity contribution >= 4 is 23.4 Å². The fourth-order valence-electron chi connectivity index (χ4n) is 3.93. The molecule has 0 saturated carbocycles. The van der Waals surface area contributed by atoms with Crippen LogP contribution in [0.4, 0.5) is 0 Å². The van der Waals surface area contributed by atoms with Crippen molar-refractivity contribution in [1.82, 2.24) is 24.1 Å². The smallest absolute Gasteiger partial charge is 0.346 e. The van der Waals surface area contributed by atoms with Crippen LogP contribution in [-0.4, -0.2) is 68.7 Å². The lowest BCUT2D eigenvalue weighted by molar-refractivity contribution is -0.141. The molecule has 1 aromatic heterocycles. The van der Waals surface area contributed by atoms with Crippen molar-refractivity contribution < 1.29 is 14.3 Å². The van der Waals surface area contributed by atoms with Crippen molar-refractivity contribution in [2.45, 2.75) is 38.8 Å². The van der Waals surface area contributed by atoms with Crippen molar-refractivity contribution in [3.05, 3.63) is 45.6 Å². The van der Waals surface area contributed by atoms with Crippen molar-refractivity contribution in [2.75, 3.05) is 32.8 Å². The van der Waals surface area contributed by atoms with E-state index in [1.807, 2.05) is 0 Å². The predicted octanol–water partition coefficient (Wildman–Crippen LogP) is 1.17. The molecular formula is C21H26ClN5O4. The molecule has 166 valence electrons. The van der Waals surface area contributed by atoms with Gasteiger partial charge in [-0.1, -0.05) is 18.0 Å². The van der Waals surface area contributed by atoms with Gasteiger partial charge in [0.2, 0.25) is 5.91 Å². The molecule has 4 rings (SSSR count). The standard InChI is InChI=1S/C21H26ClN5O4/c22-16-5-7-17(8-6-16)31-15-20(29)25-12-10-24(11-13-25)19(28)14-27-21(30)26-9-3-1-2-4-18(26)23-27/h5-8H,1-4,9-15H2. The highest BCUT2D eigenvalue weighted by atomic mass is 35.5. The largest absolute Gasteiger partial charge is 0.484 e. The van der Waals surface area contributed by atoms with Gasteiger partial charge >= 0.3 is 5.69 Å². The minimum atomic E-state index is -0.210. The number of aryl methyl sites for hydroxylation is 1. The zero-order valence-corrected chi connectivity index (χ0v) is 18.1. The molecule has 0 bridgehead atoms. The van der Waals surface area contributed by atoms with Crippen LogP contribution in [0.2, 0.25) is 5.02 Å². The first-order valence-electron chi connectivity index (χ1n) is 10.6. The molecule has 0 spiro atoms. The summed E-state index contributed by atoms with van der Waals surface area (Å²) in [4.78, 5) is 41.0. The quantitative estimate of drug-likeness (QED) is 0.686. The van der Waals surface area contributed by atoms with Gasteiger partial charge in [-0.3, -0.25) is 14.2 Å². The predicted molar refractivity (Wildman–Crippen MR) is 114 cm³/mol. The van der Waals surface area contributed by atoms with E-state index in [9.17, 15) is 14.4 Å². The first-order valence-corrected chi connectivity index (χ1v) is 11.0. The van der Waals surface area contributed by atoms with Gasteiger partial charge in [0, 0.05) is 44.2 Å². The molecule has 1 aromatic carbocycles. The van der Waals surface area contributed by atoms with Gasteiger partial charge in [-0.25, -0.2) is 9.48 Å². The number of benzene rings is 1. The Hall–Kier alpha value is -2.81. The third kappa shape index (κ3) is 5.10. The molecule has 0 radical (unpaired) electrons. The average Bonchev–Trinajstić information content (AvgIpc) is 2.94. The number of nitrogens with zero attached hydrogens (tertiary/aromatic N) is 5. The Kier molecular flexibility index (Phi) is 6.60. The minimum Gasteiger partial charge on any atom is -0.484 e. The minimum absolute atomic E-state index is 0.0630. The number of rotatable bonds is 5. The van der Waals surface area contributed by atoms with Crippen molar-refractivity contribution in [3.8, 4) is 5.75 Å². The molecule has 0 atom stereocenters. The third-order valence-corrected chi connectivity index (χ3v) is 5.98. The highest BCUT2D eigenvalue weighted by molar-refractivity contribution is 6.30. The second kappa shape index (κ2) is 9.55. The van der Waals surface area contributed by atoms with Crippen molar-refractivity contribution in [3.63, 3.8) is 0 Å². The van der Waals surface area contributed by atoms with Crippen molar-refractivity contribution in [2.24, 2.45) is 0 Å². The summed E-state index contributed by atoms with van der Waals surface area (Å²) in [6.45, 7) is 2.26. The fraction of sp³-hybridized carbons (Fsp3) is 0.524. The number of amides is 2. The van der Waals surface area contributed by atoms with Crippen LogP contribution in [0.3, 0.4) is 0 Å². The van der Waals surface area contributed by atoms with Crippen LogP contribution in [0.15, 0.2) is 29.1 Å². The van der Waals surface area contributed by atoms with Gasteiger partial charge in [0.1, 0.15) is 18.1 Å². The first-order chi connectivity index (χ1) is 15.0. The Morgan fingerprint density at radius 2 is 1.61 bits per heavy atom. The zero-order chi connectivity index (χ0) is 21.8. The number of fused-ring (bicyclic) bond motifs is 1. The molecule has 2 aliphatic heterocycles. The number of carbonyl (C=O) groups excluding carboxylic acids is 2. The first kappa shape index (κ1) is 21.4. The number of aromatic nitrogens is 3. The second-order valence-corrected chi connectivity index (χ2v) is 8.26. The van der Waals surface area contributed by atoms with E-state index in [0.29, 0.717) is 43.5 Å². The molecule has 9 nitrogen and oxygen atoms in total. The van der Waals surface area contributed by atoms with Gasteiger partial charge in [0.25, 0.3) is 5.91 Å². The molecule has 0 aliphatic carbocycles. The molecule has 2 amide bonds. The molecular weight excluding hydrogens is 422 g/mol. The molecule has 2 aliphatic rings. The summed E-state index contributed by atoms with van der Waals surface area (Å²) in [6, 6.07) is 6.83. The summed E-state index contributed by atoms with van der Waals surface area (Å²) >= 11 is 5.84. The normalized spacial score (nSPS) is 16.5. The van der Waals surface area contributed by atoms with Crippen LogP contribution in [0, 0.1) is 0 Å². The monoisotopic (exact) mass is 447 g/mol. The number of hydrogen-bond donors (Lipinski definition) is 0. The summed E-state index contributed by atoms with van der Waals surface area (Å²) in [5, 5.41) is 4.98. The van der Waals surface area contributed by atoms with Crippen LogP contribution in [-0.2, 0) is 29.1 Å².